The highest BCUT2D eigenvalue weighted by Gasteiger charge is 2.41. The molecular weight excluding hydrogens is 412 g/mol. The molecule has 0 aromatic heterocycles. The molecule has 1 heterocycles. The Kier molecular flexibility index (Phi) is 6.31. The van der Waals surface area contributed by atoms with E-state index in [4.69, 9.17) is 4.74 Å². The van der Waals surface area contributed by atoms with Crippen molar-refractivity contribution in [1.29, 1.82) is 0 Å². The molecule has 5 heteroatoms. The fourth-order valence-electron chi connectivity index (χ4n) is 3.97. The van der Waals surface area contributed by atoms with E-state index in [-0.39, 0.29) is 17.9 Å². The Balaban J connectivity index is 1.76. The molecule has 0 saturated heterocycles. The first kappa shape index (κ1) is 22.3. The smallest absolute Gasteiger partial charge is 0.282 e. The first-order valence-electron chi connectivity index (χ1n) is 11.1. The Bertz CT molecular complexity index is 1180. The average molecular weight is 441 g/mol. The number of benzene rings is 3. The Morgan fingerprint density at radius 1 is 0.848 bits per heavy atom. The molecule has 1 aliphatic rings. The number of hydrogen-bond acceptors (Lipinski definition) is 4. The molecule has 3 aromatic rings. The predicted molar refractivity (Wildman–Crippen MR) is 131 cm³/mol. The lowest BCUT2D eigenvalue weighted by molar-refractivity contribution is -0.120. The number of anilines is 1. The van der Waals surface area contributed by atoms with E-state index < -0.39 is 0 Å². The molecular formula is C28H28N2O3. The van der Waals surface area contributed by atoms with Gasteiger partial charge in [0.2, 0.25) is 0 Å². The second kappa shape index (κ2) is 9.33. The third kappa shape index (κ3) is 4.67. The first-order chi connectivity index (χ1) is 15.8. The summed E-state index contributed by atoms with van der Waals surface area (Å²) >= 11 is 0. The van der Waals surface area contributed by atoms with Crippen molar-refractivity contribution >= 4 is 23.1 Å². The summed E-state index contributed by atoms with van der Waals surface area (Å²) in [5.41, 5.74) is 4.16. The third-order valence-corrected chi connectivity index (χ3v) is 5.51. The summed E-state index contributed by atoms with van der Waals surface area (Å²) in [6.07, 6.45) is 0.0503. The SMILES string of the molecule is Cc1ccc(N2C(=O)C(c3ccc(OC(C)C)cc3)=C(N(C)Cc3ccccc3)C2=O)cc1. The van der Waals surface area contributed by atoms with E-state index in [0.717, 1.165) is 16.9 Å². The Hall–Kier alpha value is -3.86. The Labute approximate surface area is 194 Å². The monoisotopic (exact) mass is 440 g/mol. The molecule has 3 aromatic carbocycles. The van der Waals surface area contributed by atoms with Crippen molar-refractivity contribution in [3.8, 4) is 5.75 Å². The van der Waals surface area contributed by atoms with E-state index in [2.05, 4.69) is 0 Å². The second-order valence-corrected chi connectivity index (χ2v) is 8.54. The average Bonchev–Trinajstić information content (AvgIpc) is 3.05. The van der Waals surface area contributed by atoms with Gasteiger partial charge in [-0.25, -0.2) is 4.90 Å². The number of carbonyl (C=O) groups excluding carboxylic acids is 2. The van der Waals surface area contributed by atoms with E-state index in [9.17, 15) is 9.59 Å². The molecule has 0 saturated carbocycles. The van der Waals surface area contributed by atoms with Crippen LogP contribution in [0.1, 0.15) is 30.5 Å². The van der Waals surface area contributed by atoms with Crippen molar-refractivity contribution in [2.24, 2.45) is 0 Å². The van der Waals surface area contributed by atoms with Gasteiger partial charge in [-0.15, -0.1) is 0 Å². The number of ether oxygens (including phenoxy) is 1. The van der Waals surface area contributed by atoms with Gasteiger partial charge in [-0.1, -0.05) is 60.2 Å². The summed E-state index contributed by atoms with van der Waals surface area (Å²) in [6.45, 7) is 6.41. The van der Waals surface area contributed by atoms with E-state index in [1.807, 2.05) is 112 Å². The molecule has 33 heavy (non-hydrogen) atoms. The molecule has 0 N–H and O–H groups in total. The van der Waals surface area contributed by atoms with Gasteiger partial charge in [0.25, 0.3) is 11.8 Å². The van der Waals surface area contributed by atoms with Gasteiger partial charge < -0.3 is 9.64 Å². The summed E-state index contributed by atoms with van der Waals surface area (Å²) in [5, 5.41) is 0. The highest BCUT2D eigenvalue weighted by Crippen LogP contribution is 2.35. The van der Waals surface area contributed by atoms with Crippen LogP contribution in [0.3, 0.4) is 0 Å². The number of amides is 2. The molecule has 1 aliphatic heterocycles. The van der Waals surface area contributed by atoms with Crippen molar-refractivity contribution in [1.82, 2.24) is 4.90 Å². The molecule has 4 rings (SSSR count). The summed E-state index contributed by atoms with van der Waals surface area (Å²) in [4.78, 5) is 30.4. The van der Waals surface area contributed by atoms with E-state index in [1.165, 1.54) is 4.90 Å². The molecule has 0 atom stereocenters. The second-order valence-electron chi connectivity index (χ2n) is 8.54. The zero-order chi connectivity index (χ0) is 23.5. The van der Waals surface area contributed by atoms with Crippen molar-refractivity contribution in [3.63, 3.8) is 0 Å². The molecule has 2 amide bonds. The summed E-state index contributed by atoms with van der Waals surface area (Å²) in [7, 11) is 1.85. The fraction of sp³-hybridized carbons (Fsp3) is 0.214. The molecule has 0 aliphatic carbocycles. The molecule has 0 radical (unpaired) electrons. The summed E-state index contributed by atoms with van der Waals surface area (Å²) in [6, 6.07) is 24.7. The van der Waals surface area contributed by atoms with Crippen LogP contribution in [0.2, 0.25) is 0 Å². The maximum Gasteiger partial charge on any atom is 0.282 e. The number of nitrogens with zero attached hydrogens (tertiary/aromatic N) is 2. The lowest BCUT2D eigenvalue weighted by Crippen LogP contribution is -2.34. The number of carbonyl (C=O) groups is 2. The van der Waals surface area contributed by atoms with Crippen molar-refractivity contribution in [3.05, 3.63) is 101 Å². The minimum absolute atomic E-state index is 0.0503. The van der Waals surface area contributed by atoms with Crippen LogP contribution in [0.4, 0.5) is 5.69 Å². The standard InChI is InChI=1S/C28H28N2O3/c1-19(2)33-24-16-12-22(13-17-24)25-26(29(4)18-21-8-6-5-7-9-21)28(32)30(27(25)31)23-14-10-20(3)11-15-23/h5-17,19H,18H2,1-4H3. The molecule has 5 nitrogen and oxygen atoms in total. The zero-order valence-corrected chi connectivity index (χ0v) is 19.4. The van der Waals surface area contributed by atoms with Crippen molar-refractivity contribution in [2.45, 2.75) is 33.4 Å². The number of hydrogen-bond donors (Lipinski definition) is 0. The third-order valence-electron chi connectivity index (χ3n) is 5.51. The quantitative estimate of drug-likeness (QED) is 0.474. The maximum atomic E-state index is 13.6. The van der Waals surface area contributed by atoms with Gasteiger partial charge in [-0.2, -0.15) is 0 Å². The van der Waals surface area contributed by atoms with Crippen LogP contribution in [0.5, 0.6) is 5.75 Å². The highest BCUT2D eigenvalue weighted by molar-refractivity contribution is 6.45. The predicted octanol–water partition coefficient (Wildman–Crippen LogP) is 5.20. The van der Waals surface area contributed by atoms with E-state index in [1.54, 1.807) is 0 Å². The zero-order valence-electron chi connectivity index (χ0n) is 19.4. The van der Waals surface area contributed by atoms with Crippen LogP contribution in [0, 0.1) is 6.92 Å². The maximum absolute atomic E-state index is 13.6. The van der Waals surface area contributed by atoms with Crippen LogP contribution in [-0.4, -0.2) is 29.9 Å². The molecule has 0 bridgehead atoms. The number of aryl methyl sites for hydroxylation is 1. The largest absolute Gasteiger partial charge is 0.491 e. The van der Waals surface area contributed by atoms with Gasteiger partial charge in [-0.3, -0.25) is 9.59 Å². The van der Waals surface area contributed by atoms with Crippen LogP contribution >= 0.6 is 0 Å². The fourth-order valence-corrected chi connectivity index (χ4v) is 3.97. The van der Waals surface area contributed by atoms with Crippen molar-refractivity contribution in [2.75, 3.05) is 11.9 Å². The summed E-state index contributed by atoms with van der Waals surface area (Å²) < 4.78 is 5.75. The van der Waals surface area contributed by atoms with Gasteiger partial charge in [0.1, 0.15) is 11.4 Å². The van der Waals surface area contributed by atoms with Crippen LogP contribution < -0.4 is 9.64 Å². The normalized spacial score (nSPS) is 13.8. The lowest BCUT2D eigenvalue weighted by atomic mass is 10.0. The van der Waals surface area contributed by atoms with Crippen molar-refractivity contribution < 1.29 is 14.3 Å². The van der Waals surface area contributed by atoms with Gasteiger partial charge in [0, 0.05) is 13.6 Å². The molecule has 0 spiro atoms. The molecule has 0 unspecified atom stereocenters. The van der Waals surface area contributed by atoms with Gasteiger partial charge in [-0.05, 0) is 56.2 Å². The first-order valence-corrected chi connectivity index (χ1v) is 11.1. The number of imide groups is 1. The van der Waals surface area contributed by atoms with Crippen LogP contribution in [-0.2, 0) is 16.1 Å². The number of likely N-dealkylation sites (N-methyl/N-ethyl adjacent to an activating group) is 1. The highest BCUT2D eigenvalue weighted by atomic mass is 16.5. The van der Waals surface area contributed by atoms with Crippen LogP contribution in [0.25, 0.3) is 5.57 Å². The van der Waals surface area contributed by atoms with Gasteiger partial charge in [0.15, 0.2) is 0 Å². The Morgan fingerprint density at radius 2 is 1.48 bits per heavy atom. The minimum atomic E-state index is -0.323. The van der Waals surface area contributed by atoms with Gasteiger partial charge in [0.05, 0.1) is 17.4 Å². The Morgan fingerprint density at radius 3 is 2.09 bits per heavy atom. The van der Waals surface area contributed by atoms with E-state index in [0.29, 0.717) is 29.1 Å². The lowest BCUT2D eigenvalue weighted by Gasteiger charge is -2.21. The van der Waals surface area contributed by atoms with E-state index >= 15 is 0 Å². The van der Waals surface area contributed by atoms with Gasteiger partial charge >= 0.3 is 0 Å². The topological polar surface area (TPSA) is 49.9 Å². The van der Waals surface area contributed by atoms with Crippen LogP contribution in [0.15, 0.2) is 84.6 Å². The summed E-state index contributed by atoms with van der Waals surface area (Å²) in [5.74, 6) is 0.0804. The minimum Gasteiger partial charge on any atom is -0.491 e. The number of rotatable bonds is 7. The molecule has 0 fully saturated rings. The molecule has 168 valence electrons.